The van der Waals surface area contributed by atoms with Crippen molar-refractivity contribution in [2.45, 2.75) is 26.3 Å². The van der Waals surface area contributed by atoms with Crippen LogP contribution in [0.15, 0.2) is 6.07 Å². The van der Waals surface area contributed by atoms with Gasteiger partial charge in [-0.3, -0.25) is 4.79 Å². The first-order valence-electron chi connectivity index (χ1n) is 5.60. The van der Waals surface area contributed by atoms with Crippen LogP contribution in [-0.4, -0.2) is 17.0 Å². The monoisotopic (exact) mass is 234 g/mol. The van der Waals surface area contributed by atoms with Gasteiger partial charge in [-0.15, -0.1) is 0 Å². The molecule has 3 N–H and O–H groups in total. The minimum absolute atomic E-state index is 0.269. The molecule has 1 heterocycles. The van der Waals surface area contributed by atoms with Gasteiger partial charge >= 0.3 is 0 Å². The molecule has 1 rings (SSSR count). The molecule has 0 saturated carbocycles. The van der Waals surface area contributed by atoms with Crippen molar-refractivity contribution in [3.63, 3.8) is 0 Å². The second-order valence-corrected chi connectivity index (χ2v) is 4.06. The van der Waals surface area contributed by atoms with Crippen LogP contribution in [0.2, 0.25) is 0 Å². The number of carbonyl (C=O) groups excluding carboxylic acids is 1. The number of nitrogens with zero attached hydrogens (tertiary/aromatic N) is 2. The zero-order chi connectivity index (χ0) is 12.8. The molecule has 1 amide bonds. The van der Waals surface area contributed by atoms with Crippen molar-refractivity contribution in [2.75, 3.05) is 6.54 Å². The molecule has 0 aliphatic heterocycles. The van der Waals surface area contributed by atoms with Crippen LogP contribution in [0.4, 0.5) is 0 Å². The highest BCUT2D eigenvalue weighted by molar-refractivity contribution is 5.73. The minimum atomic E-state index is -0.269. The van der Waals surface area contributed by atoms with Gasteiger partial charge in [-0.1, -0.05) is 0 Å². The number of amides is 1. The minimum Gasteiger partial charge on any atom is -0.370 e. The van der Waals surface area contributed by atoms with Crippen molar-refractivity contribution in [2.24, 2.45) is 12.8 Å². The number of hydrogen-bond acceptors (Lipinski definition) is 3. The van der Waals surface area contributed by atoms with Crippen molar-refractivity contribution >= 4 is 5.91 Å². The summed E-state index contributed by atoms with van der Waals surface area (Å²) in [7, 11) is 1.88. The van der Waals surface area contributed by atoms with Crippen molar-refractivity contribution in [3.05, 3.63) is 23.0 Å². The summed E-state index contributed by atoms with van der Waals surface area (Å²) in [5, 5.41) is 12.1. The Morgan fingerprint density at radius 1 is 1.65 bits per heavy atom. The molecule has 0 unspecified atom stereocenters. The van der Waals surface area contributed by atoms with Crippen molar-refractivity contribution in [1.29, 1.82) is 5.26 Å². The van der Waals surface area contributed by atoms with E-state index in [0.717, 1.165) is 24.2 Å². The lowest BCUT2D eigenvalue weighted by molar-refractivity contribution is -0.118. The molecule has 0 bridgehead atoms. The predicted molar refractivity (Wildman–Crippen MR) is 65.0 cm³/mol. The summed E-state index contributed by atoms with van der Waals surface area (Å²) >= 11 is 0. The Morgan fingerprint density at radius 2 is 2.35 bits per heavy atom. The van der Waals surface area contributed by atoms with Gasteiger partial charge in [0.15, 0.2) is 0 Å². The Morgan fingerprint density at radius 3 is 2.88 bits per heavy atom. The van der Waals surface area contributed by atoms with Crippen LogP contribution in [0.1, 0.15) is 29.8 Å². The maximum Gasteiger partial charge on any atom is 0.217 e. The van der Waals surface area contributed by atoms with E-state index in [9.17, 15) is 4.79 Å². The van der Waals surface area contributed by atoms with Crippen LogP contribution in [-0.2, 0) is 18.4 Å². The third-order valence-corrected chi connectivity index (χ3v) is 2.85. The molecule has 0 fully saturated rings. The zero-order valence-corrected chi connectivity index (χ0v) is 10.3. The largest absolute Gasteiger partial charge is 0.370 e. The molecule has 92 valence electrons. The van der Waals surface area contributed by atoms with Crippen molar-refractivity contribution in [3.8, 4) is 6.07 Å². The summed E-state index contributed by atoms with van der Waals surface area (Å²) < 4.78 is 1.88. The molecule has 0 aromatic carbocycles. The van der Waals surface area contributed by atoms with E-state index in [4.69, 9.17) is 11.0 Å². The first-order chi connectivity index (χ1) is 8.06. The molecule has 0 saturated heterocycles. The highest BCUT2D eigenvalue weighted by Crippen LogP contribution is 2.12. The second-order valence-electron chi connectivity index (χ2n) is 4.06. The summed E-state index contributed by atoms with van der Waals surface area (Å²) in [6.07, 6.45) is 1.15. The molecule has 0 aliphatic rings. The van der Waals surface area contributed by atoms with E-state index >= 15 is 0 Å². The van der Waals surface area contributed by atoms with Gasteiger partial charge in [0.2, 0.25) is 5.91 Å². The van der Waals surface area contributed by atoms with Gasteiger partial charge < -0.3 is 15.6 Å². The highest BCUT2D eigenvalue weighted by atomic mass is 16.1. The first-order valence-corrected chi connectivity index (χ1v) is 5.60. The van der Waals surface area contributed by atoms with Crippen LogP contribution < -0.4 is 11.1 Å². The number of rotatable bonds is 6. The number of carbonyl (C=O) groups is 1. The lowest BCUT2D eigenvalue weighted by atomic mass is 10.2. The predicted octanol–water partition coefficient (Wildman–Crippen LogP) is 0.560. The van der Waals surface area contributed by atoms with Crippen LogP contribution in [0, 0.1) is 18.3 Å². The molecule has 1 aromatic heterocycles. The standard InChI is InChI=1S/C12H18N4O/c1-9-10(6-11(7-13)16(9)2)8-15-5-3-4-12(14)17/h6,15H,3-5,8H2,1-2H3,(H2,14,17). The average Bonchev–Trinajstić information content (AvgIpc) is 2.56. The normalized spacial score (nSPS) is 10.2. The molecular weight excluding hydrogens is 216 g/mol. The van der Waals surface area contributed by atoms with Gasteiger partial charge in [-0.05, 0) is 31.5 Å². The van der Waals surface area contributed by atoms with Gasteiger partial charge in [0.1, 0.15) is 11.8 Å². The maximum absolute atomic E-state index is 10.5. The fourth-order valence-corrected chi connectivity index (χ4v) is 1.66. The molecule has 17 heavy (non-hydrogen) atoms. The molecule has 1 aromatic rings. The van der Waals surface area contributed by atoms with Crippen molar-refractivity contribution < 1.29 is 4.79 Å². The highest BCUT2D eigenvalue weighted by Gasteiger charge is 2.07. The summed E-state index contributed by atoms with van der Waals surface area (Å²) in [4.78, 5) is 10.5. The smallest absolute Gasteiger partial charge is 0.217 e. The number of hydrogen-bond donors (Lipinski definition) is 2. The lowest BCUT2D eigenvalue weighted by Crippen LogP contribution is -2.18. The fraction of sp³-hybridized carbons (Fsp3) is 0.500. The number of nitriles is 1. The molecule has 0 radical (unpaired) electrons. The summed E-state index contributed by atoms with van der Waals surface area (Å²) in [5.74, 6) is -0.269. The van der Waals surface area contributed by atoms with E-state index in [2.05, 4.69) is 11.4 Å². The van der Waals surface area contributed by atoms with Gasteiger partial charge in [-0.25, -0.2) is 0 Å². The summed E-state index contributed by atoms with van der Waals surface area (Å²) in [5.41, 5.74) is 7.91. The number of primary amides is 1. The van der Waals surface area contributed by atoms with Crippen LogP contribution in [0.3, 0.4) is 0 Å². The van der Waals surface area contributed by atoms with Gasteiger partial charge in [0, 0.05) is 25.7 Å². The van der Waals surface area contributed by atoms with E-state index in [1.54, 1.807) is 0 Å². The maximum atomic E-state index is 10.5. The van der Waals surface area contributed by atoms with Crippen LogP contribution in [0.5, 0.6) is 0 Å². The van der Waals surface area contributed by atoms with Crippen LogP contribution in [0.25, 0.3) is 0 Å². The Hall–Kier alpha value is -1.80. The molecule has 0 spiro atoms. The van der Waals surface area contributed by atoms with Crippen molar-refractivity contribution in [1.82, 2.24) is 9.88 Å². The molecule has 5 nitrogen and oxygen atoms in total. The fourth-order valence-electron chi connectivity index (χ4n) is 1.66. The molecule has 0 aliphatic carbocycles. The molecule has 5 heteroatoms. The molecular formula is C12H18N4O. The Labute approximate surface area is 101 Å². The third kappa shape index (κ3) is 3.61. The zero-order valence-electron chi connectivity index (χ0n) is 10.3. The Balaban J connectivity index is 2.42. The van der Waals surface area contributed by atoms with E-state index < -0.39 is 0 Å². The Kier molecular flexibility index (Phi) is 4.73. The van der Waals surface area contributed by atoms with Gasteiger partial charge in [0.25, 0.3) is 0 Å². The second kappa shape index (κ2) is 6.06. The van der Waals surface area contributed by atoms with Gasteiger partial charge in [-0.2, -0.15) is 5.26 Å². The third-order valence-electron chi connectivity index (χ3n) is 2.85. The van der Waals surface area contributed by atoms with E-state index in [1.165, 1.54) is 0 Å². The Bertz CT molecular complexity index is 442. The van der Waals surface area contributed by atoms with E-state index in [-0.39, 0.29) is 5.91 Å². The van der Waals surface area contributed by atoms with E-state index in [0.29, 0.717) is 18.7 Å². The topological polar surface area (TPSA) is 83.8 Å². The number of aromatic nitrogens is 1. The van der Waals surface area contributed by atoms with E-state index in [1.807, 2.05) is 24.6 Å². The first kappa shape index (κ1) is 13.3. The number of nitrogens with two attached hydrogens (primary N) is 1. The SMILES string of the molecule is Cc1c(CNCCCC(N)=O)cc(C#N)n1C. The van der Waals surface area contributed by atoms with Crippen LogP contribution >= 0.6 is 0 Å². The average molecular weight is 234 g/mol. The quantitative estimate of drug-likeness (QED) is 0.705. The summed E-state index contributed by atoms with van der Waals surface area (Å²) in [6.45, 7) is 3.44. The van der Waals surface area contributed by atoms with Gasteiger partial charge in [0.05, 0.1) is 0 Å². The molecule has 0 atom stereocenters. The number of nitrogens with one attached hydrogen (secondary N) is 1. The lowest BCUT2D eigenvalue weighted by Gasteiger charge is -2.04. The summed E-state index contributed by atoms with van der Waals surface area (Å²) in [6, 6.07) is 4.03.